The molecule has 0 aliphatic heterocycles. The summed E-state index contributed by atoms with van der Waals surface area (Å²) in [6, 6.07) is 13.4. The molecule has 2 aromatic rings. The summed E-state index contributed by atoms with van der Waals surface area (Å²) >= 11 is 17.5. The van der Waals surface area contributed by atoms with Gasteiger partial charge in [-0.05, 0) is 54.9 Å². The van der Waals surface area contributed by atoms with Gasteiger partial charge in [-0.1, -0.05) is 54.7 Å². The second kappa shape index (κ2) is 8.37. The molecule has 0 spiro atoms. The van der Waals surface area contributed by atoms with E-state index >= 15 is 0 Å². The van der Waals surface area contributed by atoms with Crippen LogP contribution in [0.3, 0.4) is 0 Å². The zero-order valence-corrected chi connectivity index (χ0v) is 14.7. The number of halogens is 2. The molecule has 0 saturated heterocycles. The fourth-order valence-corrected chi connectivity index (χ4v) is 2.65. The van der Waals surface area contributed by atoms with Crippen LogP contribution in [0.1, 0.15) is 25.3 Å². The molecule has 0 radical (unpaired) electrons. The van der Waals surface area contributed by atoms with Crippen LogP contribution >= 0.6 is 35.4 Å². The van der Waals surface area contributed by atoms with Gasteiger partial charge in [-0.2, -0.15) is 0 Å². The number of aryl methyl sites for hydroxylation is 1. The second-order valence-electron chi connectivity index (χ2n) is 4.96. The highest BCUT2D eigenvalue weighted by atomic mass is 35.5. The average Bonchev–Trinajstić information content (AvgIpc) is 2.50. The van der Waals surface area contributed by atoms with Gasteiger partial charge in [-0.3, -0.25) is 0 Å². The van der Waals surface area contributed by atoms with E-state index in [1.165, 1.54) is 5.56 Å². The summed E-state index contributed by atoms with van der Waals surface area (Å²) in [5, 5.41) is 8.00. The third-order valence-electron chi connectivity index (χ3n) is 3.24. The molecule has 5 heteroatoms. The van der Waals surface area contributed by atoms with Crippen LogP contribution < -0.4 is 10.6 Å². The van der Waals surface area contributed by atoms with Gasteiger partial charge in [0, 0.05) is 10.7 Å². The molecule has 0 unspecified atom stereocenters. The van der Waals surface area contributed by atoms with Crippen LogP contribution in [0.5, 0.6) is 0 Å². The Labute approximate surface area is 146 Å². The third kappa shape index (κ3) is 4.87. The van der Waals surface area contributed by atoms with Crippen molar-refractivity contribution in [1.29, 1.82) is 0 Å². The van der Waals surface area contributed by atoms with Gasteiger partial charge in [0.25, 0.3) is 0 Å². The minimum atomic E-state index is 0.494. The standard InChI is InChI=1S/C17H18Cl2N2S/c1-2-3-6-12-7-4-5-8-15(12)20-17(22)21-16-11-13(18)9-10-14(16)19/h4-5,7-11H,2-3,6H2,1H3,(H2,20,21,22). The summed E-state index contributed by atoms with van der Waals surface area (Å²) in [6.07, 6.45) is 3.34. The number of nitrogens with one attached hydrogen (secondary N) is 2. The predicted octanol–water partition coefficient (Wildman–Crippen LogP) is 6.14. The maximum absolute atomic E-state index is 6.13. The fourth-order valence-electron chi connectivity index (χ4n) is 2.10. The van der Waals surface area contributed by atoms with Crippen molar-refractivity contribution in [3.63, 3.8) is 0 Å². The zero-order chi connectivity index (χ0) is 15.9. The highest BCUT2D eigenvalue weighted by molar-refractivity contribution is 7.80. The number of anilines is 2. The Morgan fingerprint density at radius 3 is 2.55 bits per heavy atom. The molecule has 0 aliphatic carbocycles. The molecule has 2 N–H and O–H groups in total. The van der Waals surface area contributed by atoms with E-state index in [1.54, 1.807) is 18.2 Å². The third-order valence-corrected chi connectivity index (χ3v) is 4.01. The number of benzene rings is 2. The van der Waals surface area contributed by atoms with Gasteiger partial charge in [-0.15, -0.1) is 0 Å². The lowest BCUT2D eigenvalue weighted by Gasteiger charge is -2.15. The van der Waals surface area contributed by atoms with E-state index < -0.39 is 0 Å². The van der Waals surface area contributed by atoms with Gasteiger partial charge in [0.15, 0.2) is 5.11 Å². The lowest BCUT2D eigenvalue weighted by atomic mass is 10.1. The van der Waals surface area contributed by atoms with Gasteiger partial charge >= 0.3 is 0 Å². The summed E-state index contributed by atoms with van der Waals surface area (Å²) in [5.41, 5.74) is 2.97. The number of unbranched alkanes of at least 4 members (excludes halogenated alkanes) is 1. The SMILES string of the molecule is CCCCc1ccccc1NC(=S)Nc1cc(Cl)ccc1Cl. The van der Waals surface area contributed by atoms with Crippen LogP contribution in [0.2, 0.25) is 10.0 Å². The molecule has 0 saturated carbocycles. The number of hydrogen-bond acceptors (Lipinski definition) is 1. The maximum Gasteiger partial charge on any atom is 0.175 e. The lowest BCUT2D eigenvalue weighted by molar-refractivity contribution is 0.796. The topological polar surface area (TPSA) is 24.1 Å². The highest BCUT2D eigenvalue weighted by Crippen LogP contribution is 2.26. The molecular weight excluding hydrogens is 335 g/mol. The first kappa shape index (κ1) is 17.1. The molecule has 2 aromatic carbocycles. The van der Waals surface area contributed by atoms with E-state index in [4.69, 9.17) is 35.4 Å². The van der Waals surface area contributed by atoms with E-state index in [0.717, 1.165) is 24.9 Å². The summed E-state index contributed by atoms with van der Waals surface area (Å²) in [5.74, 6) is 0. The van der Waals surface area contributed by atoms with Crippen molar-refractivity contribution in [2.45, 2.75) is 26.2 Å². The van der Waals surface area contributed by atoms with Crippen molar-refractivity contribution >= 4 is 51.9 Å². The van der Waals surface area contributed by atoms with E-state index in [-0.39, 0.29) is 0 Å². The fraction of sp³-hybridized carbons (Fsp3) is 0.235. The molecule has 0 atom stereocenters. The first-order chi connectivity index (χ1) is 10.6. The number of rotatable bonds is 5. The van der Waals surface area contributed by atoms with Crippen molar-refractivity contribution < 1.29 is 0 Å². The molecule has 0 heterocycles. The minimum Gasteiger partial charge on any atom is -0.332 e. The molecular formula is C17H18Cl2N2S. The van der Waals surface area contributed by atoms with Gasteiger partial charge in [-0.25, -0.2) is 0 Å². The largest absolute Gasteiger partial charge is 0.332 e. The molecule has 2 nitrogen and oxygen atoms in total. The van der Waals surface area contributed by atoms with E-state index in [2.05, 4.69) is 23.6 Å². The Kier molecular flexibility index (Phi) is 6.49. The summed E-state index contributed by atoms with van der Waals surface area (Å²) in [6.45, 7) is 2.18. The summed E-state index contributed by atoms with van der Waals surface area (Å²) in [7, 11) is 0. The molecule has 2 rings (SSSR count). The highest BCUT2D eigenvalue weighted by Gasteiger charge is 2.06. The Hall–Kier alpha value is -1.29. The molecule has 22 heavy (non-hydrogen) atoms. The lowest BCUT2D eigenvalue weighted by Crippen LogP contribution is -2.20. The van der Waals surface area contributed by atoms with Crippen LogP contribution in [0.4, 0.5) is 11.4 Å². The number of para-hydroxylation sites is 1. The monoisotopic (exact) mass is 352 g/mol. The second-order valence-corrected chi connectivity index (χ2v) is 6.22. The number of hydrogen-bond donors (Lipinski definition) is 2. The molecule has 116 valence electrons. The molecule has 0 aromatic heterocycles. The van der Waals surface area contributed by atoms with Crippen LogP contribution in [0, 0.1) is 0 Å². The van der Waals surface area contributed by atoms with Crippen LogP contribution in [0.15, 0.2) is 42.5 Å². The molecule has 0 amide bonds. The molecule has 0 aliphatic rings. The minimum absolute atomic E-state index is 0.494. The van der Waals surface area contributed by atoms with E-state index in [1.807, 2.05) is 18.2 Å². The Morgan fingerprint density at radius 1 is 1.05 bits per heavy atom. The maximum atomic E-state index is 6.13. The van der Waals surface area contributed by atoms with Gasteiger partial charge < -0.3 is 10.6 Å². The van der Waals surface area contributed by atoms with Crippen molar-refractivity contribution in [1.82, 2.24) is 0 Å². The van der Waals surface area contributed by atoms with Crippen LogP contribution in [-0.4, -0.2) is 5.11 Å². The predicted molar refractivity (Wildman–Crippen MR) is 101 cm³/mol. The van der Waals surface area contributed by atoms with Crippen molar-refractivity contribution in [3.8, 4) is 0 Å². The van der Waals surface area contributed by atoms with Gasteiger partial charge in [0.2, 0.25) is 0 Å². The molecule has 0 bridgehead atoms. The zero-order valence-electron chi connectivity index (χ0n) is 12.3. The van der Waals surface area contributed by atoms with Crippen LogP contribution in [-0.2, 0) is 6.42 Å². The summed E-state index contributed by atoms with van der Waals surface area (Å²) < 4.78 is 0. The van der Waals surface area contributed by atoms with E-state index in [0.29, 0.717) is 20.8 Å². The van der Waals surface area contributed by atoms with Crippen molar-refractivity contribution in [2.24, 2.45) is 0 Å². The van der Waals surface area contributed by atoms with Gasteiger partial charge in [0.1, 0.15) is 0 Å². The van der Waals surface area contributed by atoms with Gasteiger partial charge in [0.05, 0.1) is 10.7 Å². The smallest absolute Gasteiger partial charge is 0.175 e. The Balaban J connectivity index is 2.07. The van der Waals surface area contributed by atoms with Crippen LogP contribution in [0.25, 0.3) is 0 Å². The summed E-state index contributed by atoms with van der Waals surface area (Å²) in [4.78, 5) is 0. The number of thiocarbonyl (C=S) groups is 1. The van der Waals surface area contributed by atoms with Crippen molar-refractivity contribution in [3.05, 3.63) is 58.1 Å². The van der Waals surface area contributed by atoms with E-state index in [9.17, 15) is 0 Å². The quantitative estimate of drug-likeness (QED) is 0.631. The normalized spacial score (nSPS) is 10.3. The average molecular weight is 353 g/mol. The first-order valence-electron chi connectivity index (χ1n) is 7.21. The first-order valence-corrected chi connectivity index (χ1v) is 8.37. The Bertz CT molecular complexity index is 659. The molecule has 0 fully saturated rings. The van der Waals surface area contributed by atoms with Crippen molar-refractivity contribution in [2.75, 3.05) is 10.6 Å². The Morgan fingerprint density at radius 2 is 1.77 bits per heavy atom.